The highest BCUT2D eigenvalue weighted by atomic mass is 32.2. The second-order valence-corrected chi connectivity index (χ2v) is 13.1. The van der Waals surface area contributed by atoms with Gasteiger partial charge in [-0.1, -0.05) is 55.4 Å². The molecule has 11 heteroatoms. The first-order valence-corrected chi connectivity index (χ1v) is 15.5. The van der Waals surface area contributed by atoms with E-state index < -0.39 is 16.1 Å². The molecule has 2 aromatic carbocycles. The lowest BCUT2D eigenvalue weighted by Gasteiger charge is -2.35. The van der Waals surface area contributed by atoms with E-state index in [2.05, 4.69) is 9.88 Å². The number of anilines is 1. The predicted octanol–water partition coefficient (Wildman–Crippen LogP) is 4.76. The third-order valence-corrected chi connectivity index (χ3v) is 8.93. The molecule has 1 N–H and O–H groups in total. The number of ether oxygens (including phenoxy) is 1. The van der Waals surface area contributed by atoms with Crippen molar-refractivity contribution in [3.05, 3.63) is 64.8 Å². The van der Waals surface area contributed by atoms with Crippen molar-refractivity contribution in [3.8, 4) is 11.1 Å². The minimum absolute atomic E-state index is 0.0123. The van der Waals surface area contributed by atoms with Gasteiger partial charge in [0.1, 0.15) is 6.04 Å². The molecule has 1 unspecified atom stereocenters. The molecule has 1 atom stereocenters. The zero-order valence-electron chi connectivity index (χ0n) is 25.3. The van der Waals surface area contributed by atoms with E-state index in [1.54, 1.807) is 58.2 Å². The van der Waals surface area contributed by atoms with Crippen LogP contribution in [0.5, 0.6) is 0 Å². The number of amides is 2. The average molecular weight is 597 g/mol. The smallest absolute Gasteiger partial charge is 0.264 e. The second-order valence-electron chi connectivity index (χ2n) is 11.4. The van der Waals surface area contributed by atoms with Gasteiger partial charge in [0.25, 0.3) is 10.0 Å². The highest BCUT2D eigenvalue weighted by Crippen LogP contribution is 2.35. The standard InChI is InChI=1S/C31H40N4O6S/c1-19(2)28(31(37)34(5)6)35(30(36)23-13-14-23)17-22-12-15-25(24(16-22)18-40-7)26-10-8-9-11-27(26)42(38,39)33-29-20(3)21(4)32-41-29/h8-12,15-16,19,23,28,33H,13-14,17-18H2,1-7H3. The number of benzene rings is 2. The molecule has 0 spiro atoms. The van der Waals surface area contributed by atoms with Crippen LogP contribution >= 0.6 is 0 Å². The number of aromatic nitrogens is 1. The number of hydrogen-bond donors (Lipinski definition) is 1. The lowest BCUT2D eigenvalue weighted by atomic mass is 9.96. The second kappa shape index (κ2) is 12.7. The van der Waals surface area contributed by atoms with E-state index in [1.165, 1.54) is 11.0 Å². The van der Waals surface area contributed by atoms with Gasteiger partial charge in [-0.05, 0) is 55.4 Å². The van der Waals surface area contributed by atoms with E-state index in [9.17, 15) is 18.0 Å². The monoisotopic (exact) mass is 596 g/mol. The molecule has 0 bridgehead atoms. The summed E-state index contributed by atoms with van der Waals surface area (Å²) < 4.78 is 40.3. The quantitative estimate of drug-likeness (QED) is 0.320. The summed E-state index contributed by atoms with van der Waals surface area (Å²) in [7, 11) is 0.944. The maximum absolute atomic E-state index is 13.5. The van der Waals surface area contributed by atoms with Crippen molar-refractivity contribution in [2.45, 2.75) is 64.6 Å². The molecule has 3 aromatic rings. The summed E-state index contributed by atoms with van der Waals surface area (Å²) in [5, 5.41) is 3.85. The lowest BCUT2D eigenvalue weighted by Crippen LogP contribution is -2.52. The number of carbonyl (C=O) groups is 2. The van der Waals surface area contributed by atoms with E-state index in [0.29, 0.717) is 22.4 Å². The molecule has 0 aliphatic heterocycles. The Morgan fingerprint density at radius 1 is 1.10 bits per heavy atom. The number of nitrogens with zero attached hydrogens (tertiary/aromatic N) is 3. The number of carbonyl (C=O) groups excluding carboxylic acids is 2. The summed E-state index contributed by atoms with van der Waals surface area (Å²) in [6, 6.07) is 11.8. The van der Waals surface area contributed by atoms with Crippen molar-refractivity contribution in [1.82, 2.24) is 15.0 Å². The Balaban J connectivity index is 1.73. The number of hydrogen-bond acceptors (Lipinski definition) is 7. The molecule has 1 saturated carbocycles. The van der Waals surface area contributed by atoms with Gasteiger partial charge < -0.3 is 19.1 Å². The van der Waals surface area contributed by atoms with Crippen molar-refractivity contribution in [1.29, 1.82) is 0 Å². The van der Waals surface area contributed by atoms with E-state index in [0.717, 1.165) is 24.0 Å². The fourth-order valence-electron chi connectivity index (χ4n) is 5.01. The minimum Gasteiger partial charge on any atom is -0.380 e. The molecule has 1 fully saturated rings. The van der Waals surface area contributed by atoms with Gasteiger partial charge in [-0.15, -0.1) is 0 Å². The molecule has 1 heterocycles. The molecule has 1 aliphatic carbocycles. The molecular weight excluding hydrogens is 556 g/mol. The maximum atomic E-state index is 13.5. The van der Waals surface area contributed by atoms with Crippen LogP contribution in [0.1, 0.15) is 49.1 Å². The zero-order chi connectivity index (χ0) is 30.8. The summed E-state index contributed by atoms with van der Waals surface area (Å²) in [6.07, 6.45) is 1.66. The first-order chi connectivity index (χ1) is 19.9. The van der Waals surface area contributed by atoms with E-state index in [4.69, 9.17) is 9.26 Å². The molecular formula is C31H40N4O6S. The normalized spacial score (nSPS) is 14.1. The summed E-state index contributed by atoms with van der Waals surface area (Å²) in [4.78, 5) is 30.0. The van der Waals surface area contributed by atoms with Crippen LogP contribution in [-0.2, 0) is 37.5 Å². The van der Waals surface area contributed by atoms with Gasteiger partial charge in [-0.25, -0.2) is 13.1 Å². The van der Waals surface area contributed by atoms with E-state index in [-0.39, 0.29) is 47.6 Å². The lowest BCUT2D eigenvalue weighted by molar-refractivity contribution is -0.147. The molecule has 42 heavy (non-hydrogen) atoms. The molecule has 0 radical (unpaired) electrons. The number of likely N-dealkylation sites (N-methyl/N-ethyl adjacent to an activating group) is 1. The molecule has 0 saturated heterocycles. The largest absolute Gasteiger partial charge is 0.380 e. The van der Waals surface area contributed by atoms with Crippen molar-refractivity contribution >= 4 is 27.7 Å². The van der Waals surface area contributed by atoms with Crippen LogP contribution in [0.25, 0.3) is 11.1 Å². The van der Waals surface area contributed by atoms with Gasteiger partial charge in [0.05, 0.1) is 17.2 Å². The third kappa shape index (κ3) is 6.68. The third-order valence-electron chi connectivity index (χ3n) is 7.54. The molecule has 4 rings (SSSR count). The highest BCUT2D eigenvalue weighted by molar-refractivity contribution is 7.92. The molecule has 1 aromatic heterocycles. The van der Waals surface area contributed by atoms with Gasteiger partial charge >= 0.3 is 0 Å². The summed E-state index contributed by atoms with van der Waals surface area (Å²) in [5.74, 6) is -0.192. The highest BCUT2D eigenvalue weighted by Gasteiger charge is 2.40. The van der Waals surface area contributed by atoms with Crippen molar-refractivity contribution in [2.75, 3.05) is 25.9 Å². The SMILES string of the molecule is COCc1cc(CN(C(=O)C2CC2)C(C(=O)N(C)C)C(C)C)ccc1-c1ccccc1S(=O)(=O)Nc1onc(C)c1C. The fourth-order valence-corrected chi connectivity index (χ4v) is 6.28. The summed E-state index contributed by atoms with van der Waals surface area (Å²) >= 11 is 0. The number of rotatable bonds is 12. The Morgan fingerprint density at radius 3 is 2.36 bits per heavy atom. The molecule has 1 aliphatic rings. The first kappa shape index (κ1) is 31.2. The molecule has 226 valence electrons. The van der Waals surface area contributed by atoms with Crippen molar-refractivity contribution < 1.29 is 27.3 Å². The Bertz CT molecular complexity index is 1560. The van der Waals surface area contributed by atoms with Crippen LogP contribution in [0.3, 0.4) is 0 Å². The topological polar surface area (TPSA) is 122 Å². The van der Waals surface area contributed by atoms with Gasteiger partial charge in [-0.2, -0.15) is 0 Å². The van der Waals surface area contributed by atoms with Crippen LogP contribution in [0.2, 0.25) is 0 Å². The van der Waals surface area contributed by atoms with Crippen LogP contribution in [0.15, 0.2) is 51.9 Å². The first-order valence-electron chi connectivity index (χ1n) is 14.0. The minimum atomic E-state index is -4.03. The fraction of sp³-hybridized carbons (Fsp3) is 0.452. The summed E-state index contributed by atoms with van der Waals surface area (Å²) in [6.45, 7) is 7.84. The summed E-state index contributed by atoms with van der Waals surface area (Å²) in [5.41, 5.74) is 3.95. The average Bonchev–Trinajstić information content (AvgIpc) is 3.75. The molecule has 2 amide bonds. The number of aryl methyl sites for hydroxylation is 1. The maximum Gasteiger partial charge on any atom is 0.264 e. The van der Waals surface area contributed by atoms with Gasteiger partial charge in [-0.3, -0.25) is 9.59 Å². The van der Waals surface area contributed by atoms with Crippen LogP contribution in [-0.4, -0.2) is 62.4 Å². The van der Waals surface area contributed by atoms with Gasteiger partial charge in [0, 0.05) is 44.8 Å². The van der Waals surface area contributed by atoms with Crippen LogP contribution < -0.4 is 4.72 Å². The van der Waals surface area contributed by atoms with Crippen molar-refractivity contribution in [2.24, 2.45) is 11.8 Å². The molecule has 10 nitrogen and oxygen atoms in total. The van der Waals surface area contributed by atoms with E-state index >= 15 is 0 Å². The van der Waals surface area contributed by atoms with E-state index in [1.807, 2.05) is 32.0 Å². The zero-order valence-corrected chi connectivity index (χ0v) is 26.1. The predicted molar refractivity (Wildman–Crippen MR) is 160 cm³/mol. The van der Waals surface area contributed by atoms with Gasteiger partial charge in [0.15, 0.2) is 0 Å². The Kier molecular flexibility index (Phi) is 9.42. The Hall–Kier alpha value is -3.70. The Morgan fingerprint density at radius 2 is 1.79 bits per heavy atom. The Labute approximate surface area is 248 Å². The van der Waals surface area contributed by atoms with Crippen LogP contribution in [0.4, 0.5) is 5.88 Å². The van der Waals surface area contributed by atoms with Crippen LogP contribution in [0, 0.1) is 25.7 Å². The number of methoxy groups -OCH3 is 1. The number of nitrogens with one attached hydrogen (secondary N) is 1. The van der Waals surface area contributed by atoms with Crippen molar-refractivity contribution in [3.63, 3.8) is 0 Å². The number of sulfonamides is 1. The van der Waals surface area contributed by atoms with Gasteiger partial charge in [0.2, 0.25) is 17.7 Å².